The number of nitrogens with one attached hydrogen (secondary N) is 2. The Morgan fingerprint density at radius 3 is 2.61 bits per heavy atom. The number of rotatable bonds is 8. The smallest absolute Gasteiger partial charge is 0.255 e. The van der Waals surface area contributed by atoms with Crippen LogP contribution < -0.4 is 15.4 Å². The van der Waals surface area contributed by atoms with Crippen LogP contribution in [0, 0.1) is 0 Å². The van der Waals surface area contributed by atoms with Gasteiger partial charge in [0.15, 0.2) is 0 Å². The van der Waals surface area contributed by atoms with E-state index >= 15 is 0 Å². The lowest BCUT2D eigenvalue weighted by molar-refractivity contribution is 0.0951. The van der Waals surface area contributed by atoms with Crippen LogP contribution in [0.2, 0.25) is 0 Å². The van der Waals surface area contributed by atoms with Gasteiger partial charge in [-0.3, -0.25) is 4.79 Å². The van der Waals surface area contributed by atoms with Gasteiger partial charge in [0.05, 0.1) is 32.0 Å². The van der Waals surface area contributed by atoms with Gasteiger partial charge in [0.2, 0.25) is 0 Å². The van der Waals surface area contributed by atoms with Gasteiger partial charge in [-0.1, -0.05) is 35.5 Å². The number of nitrogens with zero attached hydrogens (tertiary/aromatic N) is 4. The van der Waals surface area contributed by atoms with Gasteiger partial charge in [-0.15, -0.1) is 5.10 Å². The van der Waals surface area contributed by atoms with Crippen LogP contribution in [0.4, 0.5) is 11.5 Å². The van der Waals surface area contributed by atoms with Gasteiger partial charge in [-0.05, 0) is 42.0 Å². The zero-order valence-corrected chi connectivity index (χ0v) is 17.0. The Balaban J connectivity index is 1.37. The van der Waals surface area contributed by atoms with Gasteiger partial charge in [0.25, 0.3) is 5.91 Å². The van der Waals surface area contributed by atoms with Crippen molar-refractivity contribution in [3.05, 3.63) is 95.9 Å². The van der Waals surface area contributed by atoms with Gasteiger partial charge in [0, 0.05) is 11.9 Å². The summed E-state index contributed by atoms with van der Waals surface area (Å²) in [5.41, 5.74) is 3.06. The Hall–Kier alpha value is -4.20. The average molecular weight is 414 g/mol. The number of anilines is 2. The van der Waals surface area contributed by atoms with Crippen molar-refractivity contribution in [2.45, 2.75) is 13.1 Å². The minimum atomic E-state index is -0.240. The minimum absolute atomic E-state index is 0.240. The van der Waals surface area contributed by atoms with E-state index in [4.69, 9.17) is 4.74 Å². The molecule has 0 bridgehead atoms. The fraction of sp³-hybridized carbons (Fsp3) is 0.130. The van der Waals surface area contributed by atoms with Gasteiger partial charge in [-0.2, -0.15) is 0 Å². The molecule has 8 nitrogen and oxygen atoms in total. The van der Waals surface area contributed by atoms with Crippen molar-refractivity contribution in [3.63, 3.8) is 0 Å². The van der Waals surface area contributed by atoms with E-state index in [1.165, 1.54) is 0 Å². The number of benzene rings is 2. The second-order valence-electron chi connectivity index (χ2n) is 6.83. The first kappa shape index (κ1) is 20.1. The lowest BCUT2D eigenvalue weighted by Crippen LogP contribution is -2.24. The number of hydrogen-bond donors (Lipinski definition) is 2. The molecular formula is C23H22N6O2. The first-order valence-electron chi connectivity index (χ1n) is 9.78. The van der Waals surface area contributed by atoms with E-state index in [0.29, 0.717) is 23.6 Å². The Bertz CT molecular complexity index is 1140. The zero-order valence-electron chi connectivity index (χ0n) is 17.0. The highest BCUT2D eigenvalue weighted by atomic mass is 16.5. The summed E-state index contributed by atoms with van der Waals surface area (Å²) in [4.78, 5) is 17.0. The van der Waals surface area contributed by atoms with Crippen LogP contribution in [0.5, 0.6) is 5.75 Å². The normalized spacial score (nSPS) is 10.5. The maximum absolute atomic E-state index is 12.7. The molecule has 1 amide bonds. The maximum atomic E-state index is 12.7. The van der Waals surface area contributed by atoms with Gasteiger partial charge >= 0.3 is 0 Å². The van der Waals surface area contributed by atoms with Crippen molar-refractivity contribution in [1.29, 1.82) is 0 Å². The molecule has 0 radical (unpaired) electrons. The summed E-state index contributed by atoms with van der Waals surface area (Å²) in [5.74, 6) is 1.06. The molecule has 0 unspecified atom stereocenters. The number of amides is 1. The molecule has 0 atom stereocenters. The standard InChI is InChI=1S/C23H22N6O2/c1-31-20-11-9-17(10-12-20)15-29-16-19(27-28-29)14-25-23(30)21-8-5-13-24-22(21)26-18-6-3-2-4-7-18/h2-13,16H,14-15H2,1H3,(H,24,26)(H,25,30). The Kier molecular flexibility index (Phi) is 6.18. The third kappa shape index (κ3) is 5.24. The SMILES string of the molecule is COc1ccc(Cn2cc(CNC(=O)c3cccnc3Nc3ccccc3)nn2)cc1. The highest BCUT2D eigenvalue weighted by molar-refractivity contribution is 5.99. The van der Waals surface area contributed by atoms with Crippen LogP contribution in [-0.2, 0) is 13.1 Å². The zero-order chi connectivity index (χ0) is 21.5. The third-order valence-electron chi connectivity index (χ3n) is 4.61. The molecule has 0 saturated carbocycles. The van der Waals surface area contributed by atoms with Crippen LogP contribution in [0.25, 0.3) is 0 Å². The summed E-state index contributed by atoms with van der Waals surface area (Å²) >= 11 is 0. The summed E-state index contributed by atoms with van der Waals surface area (Å²) in [6.07, 6.45) is 3.46. The molecule has 2 heterocycles. The van der Waals surface area contributed by atoms with Crippen molar-refractivity contribution in [1.82, 2.24) is 25.3 Å². The molecule has 0 spiro atoms. The molecule has 156 valence electrons. The van der Waals surface area contributed by atoms with E-state index < -0.39 is 0 Å². The number of carbonyl (C=O) groups is 1. The maximum Gasteiger partial charge on any atom is 0.255 e. The molecule has 8 heteroatoms. The number of hydrogen-bond acceptors (Lipinski definition) is 6. The number of para-hydroxylation sites is 1. The van der Waals surface area contributed by atoms with Gasteiger partial charge < -0.3 is 15.4 Å². The van der Waals surface area contributed by atoms with E-state index in [9.17, 15) is 4.79 Å². The third-order valence-corrected chi connectivity index (χ3v) is 4.61. The van der Waals surface area contributed by atoms with E-state index in [-0.39, 0.29) is 12.5 Å². The summed E-state index contributed by atoms with van der Waals surface area (Å²) in [6.45, 7) is 0.847. The van der Waals surface area contributed by atoms with E-state index in [0.717, 1.165) is 17.0 Å². The Labute approximate surface area is 179 Å². The minimum Gasteiger partial charge on any atom is -0.497 e. The van der Waals surface area contributed by atoms with Crippen molar-refractivity contribution in [2.75, 3.05) is 12.4 Å². The lowest BCUT2D eigenvalue weighted by Gasteiger charge is -2.10. The fourth-order valence-corrected chi connectivity index (χ4v) is 3.03. The quantitative estimate of drug-likeness (QED) is 0.459. The average Bonchev–Trinajstić information content (AvgIpc) is 3.26. The molecule has 4 aromatic rings. The predicted molar refractivity (Wildman–Crippen MR) is 117 cm³/mol. The Morgan fingerprint density at radius 1 is 1.03 bits per heavy atom. The second kappa shape index (κ2) is 9.53. The molecule has 2 aromatic carbocycles. The molecular weight excluding hydrogens is 392 g/mol. The molecule has 31 heavy (non-hydrogen) atoms. The van der Waals surface area contributed by atoms with Crippen LogP contribution in [0.3, 0.4) is 0 Å². The first-order valence-corrected chi connectivity index (χ1v) is 9.78. The molecule has 0 saturated heterocycles. The van der Waals surface area contributed by atoms with Crippen LogP contribution >= 0.6 is 0 Å². The molecule has 4 rings (SSSR count). The number of carbonyl (C=O) groups excluding carboxylic acids is 1. The molecule has 0 aliphatic heterocycles. The van der Waals surface area contributed by atoms with Crippen LogP contribution in [-0.4, -0.2) is 33.0 Å². The van der Waals surface area contributed by atoms with Gasteiger partial charge in [-0.25, -0.2) is 9.67 Å². The highest BCUT2D eigenvalue weighted by Crippen LogP contribution is 2.18. The van der Waals surface area contributed by atoms with E-state index in [1.807, 2.05) is 60.8 Å². The predicted octanol–water partition coefficient (Wildman–Crippen LogP) is 3.40. The summed E-state index contributed by atoms with van der Waals surface area (Å²) < 4.78 is 6.90. The van der Waals surface area contributed by atoms with Crippen molar-refractivity contribution in [3.8, 4) is 5.75 Å². The van der Waals surface area contributed by atoms with Crippen molar-refractivity contribution < 1.29 is 9.53 Å². The summed E-state index contributed by atoms with van der Waals surface area (Å²) in [5, 5.41) is 14.3. The number of methoxy groups -OCH3 is 1. The van der Waals surface area contributed by atoms with Crippen molar-refractivity contribution in [2.24, 2.45) is 0 Å². The van der Waals surface area contributed by atoms with Crippen molar-refractivity contribution >= 4 is 17.4 Å². The number of ether oxygens (including phenoxy) is 1. The number of pyridine rings is 1. The highest BCUT2D eigenvalue weighted by Gasteiger charge is 2.13. The molecule has 0 aliphatic carbocycles. The molecule has 2 aromatic heterocycles. The summed E-state index contributed by atoms with van der Waals surface area (Å²) in [6, 6.07) is 20.8. The largest absolute Gasteiger partial charge is 0.497 e. The molecule has 0 aliphatic rings. The van der Waals surface area contributed by atoms with E-state index in [2.05, 4.69) is 25.9 Å². The summed E-state index contributed by atoms with van der Waals surface area (Å²) in [7, 11) is 1.64. The second-order valence-corrected chi connectivity index (χ2v) is 6.83. The molecule has 0 fully saturated rings. The monoisotopic (exact) mass is 414 g/mol. The van der Waals surface area contributed by atoms with Crippen LogP contribution in [0.15, 0.2) is 79.1 Å². The van der Waals surface area contributed by atoms with Crippen LogP contribution in [0.1, 0.15) is 21.6 Å². The van der Waals surface area contributed by atoms with E-state index in [1.54, 1.807) is 30.1 Å². The molecule has 2 N–H and O–H groups in total. The topological polar surface area (TPSA) is 94.0 Å². The van der Waals surface area contributed by atoms with Gasteiger partial charge in [0.1, 0.15) is 17.3 Å². The lowest BCUT2D eigenvalue weighted by atomic mass is 10.2. The number of aromatic nitrogens is 4. The first-order chi connectivity index (χ1) is 15.2. The Morgan fingerprint density at radius 2 is 1.84 bits per heavy atom. The fourth-order valence-electron chi connectivity index (χ4n) is 3.03.